The lowest BCUT2D eigenvalue weighted by Crippen LogP contribution is -2.01. The van der Waals surface area contributed by atoms with Crippen molar-refractivity contribution in [3.8, 4) is 0 Å². The van der Waals surface area contributed by atoms with Crippen LogP contribution in [-0.2, 0) is 6.42 Å². The van der Waals surface area contributed by atoms with Gasteiger partial charge in [-0.1, -0.05) is 27.5 Å². The van der Waals surface area contributed by atoms with Crippen LogP contribution in [0.25, 0.3) is 11.0 Å². The Balaban J connectivity index is 1.72. The normalized spacial score (nSPS) is 17.5. The van der Waals surface area contributed by atoms with Crippen LogP contribution in [0.5, 0.6) is 0 Å². The predicted molar refractivity (Wildman–Crippen MR) is 75.0 cm³/mol. The van der Waals surface area contributed by atoms with Crippen LogP contribution in [0.4, 0.5) is 0 Å². The number of halogens is 2. The summed E-state index contributed by atoms with van der Waals surface area (Å²) in [5.74, 6) is 1.96. The van der Waals surface area contributed by atoms with E-state index in [1.54, 1.807) is 0 Å². The molecule has 3 rings (SSSR count). The van der Waals surface area contributed by atoms with Crippen LogP contribution < -0.4 is 0 Å². The van der Waals surface area contributed by atoms with Gasteiger partial charge in [-0.25, -0.2) is 0 Å². The van der Waals surface area contributed by atoms with Crippen LogP contribution in [0, 0.1) is 5.92 Å². The fourth-order valence-electron chi connectivity index (χ4n) is 2.17. The molecule has 1 unspecified atom stereocenters. The number of hydrogen-bond donors (Lipinski definition) is 0. The minimum atomic E-state index is 0.652. The molecule has 0 radical (unpaired) electrons. The van der Waals surface area contributed by atoms with E-state index in [2.05, 4.69) is 22.0 Å². The highest BCUT2D eigenvalue weighted by Crippen LogP contribution is 2.38. The molecular formula is C14H14BrClO. The summed E-state index contributed by atoms with van der Waals surface area (Å²) < 4.78 is 5.79. The summed E-state index contributed by atoms with van der Waals surface area (Å²) >= 11 is 9.71. The van der Waals surface area contributed by atoms with Crippen LogP contribution in [0.1, 0.15) is 25.0 Å². The first kappa shape index (κ1) is 11.6. The quantitative estimate of drug-likeness (QED) is 0.708. The van der Waals surface area contributed by atoms with Crippen molar-refractivity contribution in [2.75, 3.05) is 0 Å². The molecule has 3 heteroatoms. The second-order valence-electron chi connectivity index (χ2n) is 4.79. The van der Waals surface area contributed by atoms with Gasteiger partial charge in [-0.2, -0.15) is 0 Å². The Kier molecular flexibility index (Phi) is 3.18. The van der Waals surface area contributed by atoms with E-state index >= 15 is 0 Å². The van der Waals surface area contributed by atoms with Crippen molar-refractivity contribution in [1.29, 1.82) is 0 Å². The van der Waals surface area contributed by atoms with Crippen molar-refractivity contribution in [3.05, 3.63) is 35.0 Å². The molecule has 1 aliphatic rings. The molecule has 0 aliphatic heterocycles. The molecule has 90 valence electrons. The molecule has 1 atom stereocenters. The van der Waals surface area contributed by atoms with Crippen LogP contribution in [-0.4, -0.2) is 4.83 Å². The monoisotopic (exact) mass is 312 g/mol. The van der Waals surface area contributed by atoms with Crippen molar-refractivity contribution < 1.29 is 4.42 Å². The Morgan fingerprint density at radius 2 is 2.18 bits per heavy atom. The fourth-order valence-corrected chi connectivity index (χ4v) is 3.10. The fraction of sp³-hybridized carbons (Fsp3) is 0.429. The predicted octanol–water partition coefficient (Wildman–Crippen LogP) is 5.19. The van der Waals surface area contributed by atoms with Crippen molar-refractivity contribution >= 4 is 38.5 Å². The molecule has 1 heterocycles. The maximum atomic E-state index is 5.96. The van der Waals surface area contributed by atoms with Gasteiger partial charge < -0.3 is 4.42 Å². The first-order chi connectivity index (χ1) is 8.22. The van der Waals surface area contributed by atoms with Crippen molar-refractivity contribution in [2.45, 2.75) is 30.5 Å². The summed E-state index contributed by atoms with van der Waals surface area (Å²) in [6, 6.07) is 7.87. The van der Waals surface area contributed by atoms with E-state index in [1.807, 2.05) is 18.2 Å². The Labute approximate surface area is 114 Å². The average Bonchev–Trinajstić information content (AvgIpc) is 3.07. The second-order valence-corrected chi connectivity index (χ2v) is 6.40. The number of furan rings is 1. The summed E-state index contributed by atoms with van der Waals surface area (Å²) in [7, 11) is 0. The standard InChI is InChI=1S/C14H14BrClO/c15-13(9-1-2-9)5-4-12-8-10-7-11(16)3-6-14(10)17-12/h3,6-9,13H,1-2,4-5H2. The third kappa shape index (κ3) is 2.69. The lowest BCUT2D eigenvalue weighted by atomic mass is 10.1. The molecule has 1 aromatic carbocycles. The molecule has 0 bridgehead atoms. The molecule has 0 saturated heterocycles. The second kappa shape index (κ2) is 4.66. The average molecular weight is 314 g/mol. The number of fused-ring (bicyclic) bond motifs is 1. The molecule has 17 heavy (non-hydrogen) atoms. The third-order valence-corrected chi connectivity index (χ3v) is 4.77. The highest BCUT2D eigenvalue weighted by molar-refractivity contribution is 9.09. The zero-order chi connectivity index (χ0) is 11.8. The Morgan fingerprint density at radius 3 is 2.94 bits per heavy atom. The molecule has 1 fully saturated rings. The summed E-state index contributed by atoms with van der Waals surface area (Å²) in [6.45, 7) is 0. The Hall–Kier alpha value is -0.470. The minimum Gasteiger partial charge on any atom is -0.461 e. The Bertz CT molecular complexity index is 530. The molecule has 1 aliphatic carbocycles. The lowest BCUT2D eigenvalue weighted by Gasteiger charge is -2.05. The van der Waals surface area contributed by atoms with Gasteiger partial charge in [0.25, 0.3) is 0 Å². The zero-order valence-electron chi connectivity index (χ0n) is 9.46. The van der Waals surface area contributed by atoms with Gasteiger partial charge in [0.1, 0.15) is 11.3 Å². The van der Waals surface area contributed by atoms with E-state index in [9.17, 15) is 0 Å². The number of hydrogen-bond acceptors (Lipinski definition) is 1. The topological polar surface area (TPSA) is 13.1 Å². The van der Waals surface area contributed by atoms with Gasteiger partial charge in [-0.15, -0.1) is 0 Å². The van der Waals surface area contributed by atoms with Crippen LogP contribution in [0.2, 0.25) is 5.02 Å². The number of benzene rings is 1. The van der Waals surface area contributed by atoms with Crippen molar-refractivity contribution in [2.24, 2.45) is 5.92 Å². The highest BCUT2D eigenvalue weighted by atomic mass is 79.9. The van der Waals surface area contributed by atoms with Gasteiger partial charge in [-0.3, -0.25) is 0 Å². The van der Waals surface area contributed by atoms with E-state index in [4.69, 9.17) is 16.0 Å². The molecule has 0 amide bonds. The first-order valence-electron chi connectivity index (χ1n) is 6.04. The van der Waals surface area contributed by atoms with Gasteiger partial charge in [0.15, 0.2) is 0 Å². The summed E-state index contributed by atoms with van der Waals surface area (Å²) in [5, 5.41) is 1.87. The summed E-state index contributed by atoms with van der Waals surface area (Å²) in [4.78, 5) is 0.652. The van der Waals surface area contributed by atoms with Crippen molar-refractivity contribution in [3.63, 3.8) is 0 Å². The first-order valence-corrected chi connectivity index (χ1v) is 7.34. The van der Waals surface area contributed by atoms with E-state index in [1.165, 1.54) is 12.8 Å². The molecular weight excluding hydrogens is 300 g/mol. The number of aryl methyl sites for hydroxylation is 1. The van der Waals surface area contributed by atoms with Crippen LogP contribution in [0.3, 0.4) is 0 Å². The summed E-state index contributed by atoms with van der Waals surface area (Å²) in [6.07, 6.45) is 4.91. The van der Waals surface area contributed by atoms with Gasteiger partial charge in [-0.05, 0) is 49.4 Å². The smallest absolute Gasteiger partial charge is 0.134 e. The number of rotatable bonds is 4. The van der Waals surface area contributed by atoms with E-state index in [0.717, 1.165) is 40.5 Å². The molecule has 0 spiro atoms. The SMILES string of the molecule is Clc1ccc2oc(CCC(Br)C3CC3)cc2c1. The molecule has 2 aromatic rings. The Morgan fingerprint density at radius 1 is 1.35 bits per heavy atom. The maximum Gasteiger partial charge on any atom is 0.134 e. The number of alkyl halides is 1. The summed E-state index contributed by atoms with van der Waals surface area (Å²) in [5.41, 5.74) is 0.932. The minimum absolute atomic E-state index is 0.652. The van der Waals surface area contributed by atoms with E-state index in [-0.39, 0.29) is 0 Å². The van der Waals surface area contributed by atoms with Crippen LogP contribution in [0.15, 0.2) is 28.7 Å². The maximum absolute atomic E-state index is 5.96. The van der Waals surface area contributed by atoms with E-state index in [0.29, 0.717) is 4.83 Å². The highest BCUT2D eigenvalue weighted by Gasteiger charge is 2.28. The van der Waals surface area contributed by atoms with Crippen LogP contribution >= 0.6 is 27.5 Å². The molecule has 0 N–H and O–H groups in total. The zero-order valence-corrected chi connectivity index (χ0v) is 11.8. The lowest BCUT2D eigenvalue weighted by molar-refractivity contribution is 0.530. The van der Waals surface area contributed by atoms with Gasteiger partial charge in [0.05, 0.1) is 0 Å². The van der Waals surface area contributed by atoms with Crippen molar-refractivity contribution in [1.82, 2.24) is 0 Å². The van der Waals surface area contributed by atoms with E-state index < -0.39 is 0 Å². The third-order valence-electron chi connectivity index (χ3n) is 3.33. The van der Waals surface area contributed by atoms with Gasteiger partial charge in [0.2, 0.25) is 0 Å². The molecule has 1 aromatic heterocycles. The molecule has 1 saturated carbocycles. The van der Waals surface area contributed by atoms with Gasteiger partial charge in [0, 0.05) is 21.7 Å². The largest absolute Gasteiger partial charge is 0.461 e. The van der Waals surface area contributed by atoms with Gasteiger partial charge >= 0.3 is 0 Å². The molecule has 1 nitrogen and oxygen atoms in total.